The average Bonchev–Trinajstić information content (AvgIpc) is 2.86. The molecule has 0 aliphatic carbocycles. The number of nitrogens with two attached hydrogens (primary N) is 1. The molecule has 0 saturated heterocycles. The van der Waals surface area contributed by atoms with Gasteiger partial charge in [0.05, 0.1) is 16.4 Å². The van der Waals surface area contributed by atoms with Gasteiger partial charge in [0.25, 0.3) is 0 Å². The number of nitrogens with zero attached hydrogens (tertiary/aromatic N) is 2. The number of hydrogen-bond acceptors (Lipinski definition) is 5. The van der Waals surface area contributed by atoms with E-state index in [9.17, 15) is 4.79 Å². The summed E-state index contributed by atoms with van der Waals surface area (Å²) >= 11 is 11.1. The summed E-state index contributed by atoms with van der Waals surface area (Å²) in [5, 5.41) is 9.54. The number of para-hydroxylation sites is 1. The number of aliphatic carboxylic acids is 1. The zero-order valence-electron chi connectivity index (χ0n) is 13.8. The van der Waals surface area contributed by atoms with E-state index in [4.69, 9.17) is 35.1 Å². The monoisotopic (exact) mass is 377 g/mol. The highest BCUT2D eigenvalue weighted by Crippen LogP contribution is 2.48. The molecule has 0 aromatic heterocycles. The van der Waals surface area contributed by atoms with E-state index >= 15 is 0 Å². The van der Waals surface area contributed by atoms with Crippen LogP contribution in [0.1, 0.15) is 12.0 Å². The Labute approximate surface area is 157 Å². The molecule has 0 amide bonds. The molecule has 1 aliphatic heterocycles. The first-order valence-electron chi connectivity index (χ1n) is 7.96. The van der Waals surface area contributed by atoms with Gasteiger partial charge in [-0.15, -0.1) is 12.6 Å². The van der Waals surface area contributed by atoms with Crippen molar-refractivity contribution in [3.63, 3.8) is 0 Å². The highest BCUT2D eigenvalue weighted by atomic mass is 35.5. The summed E-state index contributed by atoms with van der Waals surface area (Å²) in [5.74, 6) is -0.971. The van der Waals surface area contributed by atoms with Crippen molar-refractivity contribution < 1.29 is 9.90 Å². The minimum absolute atomic E-state index is 0.152. The predicted molar refractivity (Wildman–Crippen MR) is 105 cm³/mol. The maximum absolute atomic E-state index is 10.8. The van der Waals surface area contributed by atoms with Crippen LogP contribution in [-0.2, 0) is 11.2 Å². The number of aryl methyl sites for hydroxylation is 1. The van der Waals surface area contributed by atoms with Crippen LogP contribution in [0.25, 0.3) is 0 Å². The van der Waals surface area contributed by atoms with Crippen LogP contribution in [0.2, 0.25) is 5.02 Å². The van der Waals surface area contributed by atoms with Crippen molar-refractivity contribution >= 4 is 47.3 Å². The zero-order valence-corrected chi connectivity index (χ0v) is 15.4. The number of benzene rings is 2. The number of carbonyl (C=O) groups is 1. The standard InChI is InChI=1S/C18H20ClN3O2S/c1-21-15-4-2-3-13(19)16(15)22(18(21)25)12-8-5-11(6-9-12)7-10-14(20)17(23)24/h2-6,8-9,14,18,25H,7,10,20H2,1H3,(H,23,24)/t14-,18?/m0/s1. The lowest BCUT2D eigenvalue weighted by atomic mass is 10.1. The molecular weight excluding hydrogens is 358 g/mol. The molecule has 0 saturated carbocycles. The SMILES string of the molecule is CN1c2cccc(Cl)c2N(c2ccc(CC[C@H](N)C(=O)O)cc2)C1S. The van der Waals surface area contributed by atoms with Crippen LogP contribution in [0.4, 0.5) is 17.1 Å². The Morgan fingerprint density at radius 3 is 2.64 bits per heavy atom. The van der Waals surface area contributed by atoms with E-state index in [0.717, 1.165) is 22.6 Å². The third-order valence-electron chi connectivity index (χ3n) is 4.44. The van der Waals surface area contributed by atoms with Crippen molar-refractivity contribution in [2.75, 3.05) is 16.8 Å². The largest absolute Gasteiger partial charge is 0.480 e. The van der Waals surface area contributed by atoms with Crippen molar-refractivity contribution in [3.05, 3.63) is 53.1 Å². The molecule has 1 heterocycles. The fraction of sp³-hybridized carbons (Fsp3) is 0.278. The van der Waals surface area contributed by atoms with Gasteiger partial charge < -0.3 is 20.6 Å². The molecule has 2 atom stereocenters. The second-order valence-electron chi connectivity index (χ2n) is 6.08. The Morgan fingerprint density at radius 1 is 1.32 bits per heavy atom. The van der Waals surface area contributed by atoms with Crippen LogP contribution in [0.15, 0.2) is 42.5 Å². The third-order valence-corrected chi connectivity index (χ3v) is 5.32. The lowest BCUT2D eigenvalue weighted by Gasteiger charge is -2.27. The summed E-state index contributed by atoms with van der Waals surface area (Å²) in [6, 6.07) is 12.9. The van der Waals surface area contributed by atoms with Crippen molar-refractivity contribution in [2.24, 2.45) is 5.73 Å². The smallest absolute Gasteiger partial charge is 0.320 e. The highest BCUT2D eigenvalue weighted by Gasteiger charge is 2.33. The summed E-state index contributed by atoms with van der Waals surface area (Å²) in [7, 11) is 1.98. The molecule has 1 unspecified atom stereocenters. The quantitative estimate of drug-likeness (QED) is 0.696. The van der Waals surface area contributed by atoms with Crippen LogP contribution in [0, 0.1) is 0 Å². The highest BCUT2D eigenvalue weighted by molar-refractivity contribution is 7.81. The maximum Gasteiger partial charge on any atom is 0.320 e. The molecule has 0 spiro atoms. The van der Waals surface area contributed by atoms with E-state index in [1.54, 1.807) is 0 Å². The number of hydrogen-bond donors (Lipinski definition) is 3. The number of anilines is 3. The van der Waals surface area contributed by atoms with Crippen LogP contribution in [-0.4, -0.2) is 29.7 Å². The predicted octanol–water partition coefficient (Wildman–Crippen LogP) is 3.49. The molecule has 25 heavy (non-hydrogen) atoms. The molecule has 7 heteroatoms. The summed E-state index contributed by atoms with van der Waals surface area (Å²) in [4.78, 5) is 14.9. The molecule has 3 N–H and O–H groups in total. The normalized spacial score (nSPS) is 17.5. The number of carboxylic acid groups (broad SMARTS) is 1. The molecule has 0 bridgehead atoms. The zero-order chi connectivity index (χ0) is 18.1. The minimum Gasteiger partial charge on any atom is -0.480 e. The van der Waals surface area contributed by atoms with Crippen LogP contribution >= 0.6 is 24.2 Å². The van der Waals surface area contributed by atoms with Gasteiger partial charge in [-0.3, -0.25) is 4.79 Å². The Kier molecular flexibility index (Phi) is 5.13. The van der Waals surface area contributed by atoms with E-state index in [1.807, 2.05) is 49.5 Å². The molecule has 132 valence electrons. The first-order chi connectivity index (χ1) is 11.9. The Hall–Kier alpha value is -1.89. The first-order valence-corrected chi connectivity index (χ1v) is 8.85. The van der Waals surface area contributed by atoms with E-state index in [-0.39, 0.29) is 5.50 Å². The molecule has 3 rings (SSSR count). The second-order valence-corrected chi connectivity index (χ2v) is 6.95. The van der Waals surface area contributed by atoms with Crippen LogP contribution in [0.3, 0.4) is 0 Å². The first kappa shape index (κ1) is 17.9. The molecule has 2 aromatic carbocycles. The van der Waals surface area contributed by atoms with E-state index in [0.29, 0.717) is 17.9 Å². The molecule has 2 aromatic rings. The van der Waals surface area contributed by atoms with Gasteiger partial charge in [-0.25, -0.2) is 0 Å². The molecule has 1 aliphatic rings. The van der Waals surface area contributed by atoms with E-state index in [2.05, 4.69) is 9.80 Å². The van der Waals surface area contributed by atoms with E-state index in [1.165, 1.54) is 0 Å². The lowest BCUT2D eigenvalue weighted by molar-refractivity contribution is -0.138. The maximum atomic E-state index is 10.8. The fourth-order valence-electron chi connectivity index (χ4n) is 2.97. The van der Waals surface area contributed by atoms with Crippen molar-refractivity contribution in [1.29, 1.82) is 0 Å². The van der Waals surface area contributed by atoms with Gasteiger partial charge in [0, 0.05) is 12.7 Å². The van der Waals surface area contributed by atoms with Crippen molar-refractivity contribution in [2.45, 2.75) is 24.4 Å². The van der Waals surface area contributed by atoms with Gasteiger partial charge in [-0.05, 0) is 42.7 Å². The number of thiol groups is 1. The topological polar surface area (TPSA) is 69.8 Å². The van der Waals surface area contributed by atoms with Gasteiger partial charge in [-0.1, -0.05) is 29.8 Å². The molecule has 0 radical (unpaired) electrons. The van der Waals surface area contributed by atoms with Gasteiger partial charge in [0.1, 0.15) is 6.04 Å². The summed E-state index contributed by atoms with van der Waals surface area (Å²) < 4.78 is 0. The van der Waals surface area contributed by atoms with Crippen molar-refractivity contribution in [3.8, 4) is 0 Å². The number of halogens is 1. The number of rotatable bonds is 5. The van der Waals surface area contributed by atoms with Crippen LogP contribution < -0.4 is 15.5 Å². The fourth-order valence-corrected chi connectivity index (χ4v) is 3.61. The Balaban J connectivity index is 1.83. The Morgan fingerprint density at radius 2 is 2.00 bits per heavy atom. The third kappa shape index (κ3) is 3.42. The number of carboxylic acids is 1. The number of fused-ring (bicyclic) bond motifs is 1. The summed E-state index contributed by atoms with van der Waals surface area (Å²) in [5.41, 5.74) is 9.40. The minimum atomic E-state index is -0.971. The second kappa shape index (κ2) is 7.15. The van der Waals surface area contributed by atoms with Gasteiger partial charge in [0.2, 0.25) is 0 Å². The van der Waals surface area contributed by atoms with Gasteiger partial charge >= 0.3 is 5.97 Å². The van der Waals surface area contributed by atoms with Gasteiger partial charge in [-0.2, -0.15) is 0 Å². The van der Waals surface area contributed by atoms with Crippen LogP contribution in [0.5, 0.6) is 0 Å². The van der Waals surface area contributed by atoms with Gasteiger partial charge in [0.15, 0.2) is 5.50 Å². The molecule has 5 nitrogen and oxygen atoms in total. The molecular formula is C18H20ClN3O2S. The molecule has 0 fully saturated rings. The average molecular weight is 378 g/mol. The Bertz CT molecular complexity index is 784. The van der Waals surface area contributed by atoms with Crippen molar-refractivity contribution in [1.82, 2.24) is 0 Å². The van der Waals surface area contributed by atoms with E-state index < -0.39 is 12.0 Å². The summed E-state index contributed by atoms with van der Waals surface area (Å²) in [6.45, 7) is 0. The summed E-state index contributed by atoms with van der Waals surface area (Å²) in [6.07, 6.45) is 1.03. The lowest BCUT2D eigenvalue weighted by Crippen LogP contribution is -2.33.